The lowest BCUT2D eigenvalue weighted by Crippen LogP contribution is -2.20. The Morgan fingerprint density at radius 2 is 1.95 bits per heavy atom. The van der Waals surface area contributed by atoms with Crippen LogP contribution in [0, 0.1) is 5.92 Å². The van der Waals surface area contributed by atoms with Gasteiger partial charge in [-0.25, -0.2) is 9.67 Å². The van der Waals surface area contributed by atoms with E-state index in [-0.39, 0.29) is 17.7 Å². The summed E-state index contributed by atoms with van der Waals surface area (Å²) in [6, 6.07) is 8.57. The highest BCUT2D eigenvalue weighted by atomic mass is 16.1. The molecule has 104 valence electrons. The molecule has 1 heterocycles. The first-order valence-corrected chi connectivity index (χ1v) is 7.13. The van der Waals surface area contributed by atoms with Gasteiger partial charge >= 0.3 is 0 Å². The highest BCUT2D eigenvalue weighted by Gasteiger charge is 2.28. The molecule has 1 aromatic heterocycles. The Kier molecular flexibility index (Phi) is 3.38. The SMILES string of the molecule is CC(C)n1ncnc1CC(=O)C1Cc2ccccc2C1. The second-order valence-electron chi connectivity index (χ2n) is 5.73. The molecule has 2 aromatic rings. The number of Topliss-reactive ketones (excluding diaryl/α,β-unsaturated/α-hetero) is 1. The predicted octanol–water partition coefficient (Wildman–Crippen LogP) is 2.39. The molecule has 20 heavy (non-hydrogen) atoms. The summed E-state index contributed by atoms with van der Waals surface area (Å²) >= 11 is 0. The first-order valence-electron chi connectivity index (χ1n) is 7.13. The van der Waals surface area contributed by atoms with Gasteiger partial charge < -0.3 is 0 Å². The van der Waals surface area contributed by atoms with Gasteiger partial charge in [0, 0.05) is 12.0 Å². The molecule has 0 unspecified atom stereocenters. The Morgan fingerprint density at radius 3 is 2.55 bits per heavy atom. The van der Waals surface area contributed by atoms with Crippen LogP contribution in [0.5, 0.6) is 0 Å². The van der Waals surface area contributed by atoms with Crippen LogP contribution in [0.15, 0.2) is 30.6 Å². The lowest BCUT2D eigenvalue weighted by molar-refractivity contribution is -0.122. The first kappa shape index (κ1) is 13.0. The number of hydrogen-bond acceptors (Lipinski definition) is 3. The topological polar surface area (TPSA) is 47.8 Å². The van der Waals surface area contributed by atoms with Crippen LogP contribution in [-0.4, -0.2) is 20.5 Å². The van der Waals surface area contributed by atoms with Crippen LogP contribution in [0.1, 0.15) is 36.8 Å². The fourth-order valence-electron chi connectivity index (χ4n) is 2.92. The minimum Gasteiger partial charge on any atom is -0.299 e. The summed E-state index contributed by atoms with van der Waals surface area (Å²) in [5.41, 5.74) is 2.63. The number of rotatable bonds is 4. The molecule has 0 amide bonds. The van der Waals surface area contributed by atoms with Crippen molar-refractivity contribution in [2.24, 2.45) is 5.92 Å². The fourth-order valence-corrected chi connectivity index (χ4v) is 2.92. The molecule has 3 rings (SSSR count). The molecule has 0 saturated heterocycles. The van der Waals surface area contributed by atoms with Crippen molar-refractivity contribution in [1.82, 2.24) is 14.8 Å². The third kappa shape index (κ3) is 2.38. The zero-order valence-electron chi connectivity index (χ0n) is 11.9. The molecule has 0 spiro atoms. The number of hydrogen-bond donors (Lipinski definition) is 0. The van der Waals surface area contributed by atoms with Crippen molar-refractivity contribution in [3.8, 4) is 0 Å². The summed E-state index contributed by atoms with van der Waals surface area (Å²) in [7, 11) is 0. The molecule has 0 saturated carbocycles. The van der Waals surface area contributed by atoms with E-state index < -0.39 is 0 Å². The molecular weight excluding hydrogens is 250 g/mol. The van der Waals surface area contributed by atoms with E-state index in [2.05, 4.69) is 22.2 Å². The molecule has 4 heteroatoms. The van der Waals surface area contributed by atoms with Crippen molar-refractivity contribution in [3.05, 3.63) is 47.5 Å². The number of nitrogens with zero attached hydrogens (tertiary/aromatic N) is 3. The highest BCUT2D eigenvalue weighted by Crippen LogP contribution is 2.27. The van der Waals surface area contributed by atoms with E-state index in [1.807, 2.05) is 30.7 Å². The van der Waals surface area contributed by atoms with Crippen LogP contribution in [0.3, 0.4) is 0 Å². The summed E-state index contributed by atoms with van der Waals surface area (Å²) < 4.78 is 1.83. The average molecular weight is 269 g/mol. The summed E-state index contributed by atoms with van der Waals surface area (Å²) in [5, 5.41) is 4.19. The summed E-state index contributed by atoms with van der Waals surface area (Å²) in [6.45, 7) is 4.10. The minimum absolute atomic E-state index is 0.102. The van der Waals surface area contributed by atoms with Crippen LogP contribution in [0.25, 0.3) is 0 Å². The van der Waals surface area contributed by atoms with Crippen LogP contribution in [-0.2, 0) is 24.1 Å². The molecule has 1 aliphatic carbocycles. The first-order chi connectivity index (χ1) is 9.65. The van der Waals surface area contributed by atoms with Gasteiger partial charge in [-0.1, -0.05) is 24.3 Å². The summed E-state index contributed by atoms with van der Waals surface area (Å²) in [5.74, 6) is 1.15. The highest BCUT2D eigenvalue weighted by molar-refractivity contribution is 5.84. The second kappa shape index (κ2) is 5.19. The van der Waals surface area contributed by atoms with Crippen LogP contribution in [0.4, 0.5) is 0 Å². The van der Waals surface area contributed by atoms with Crippen molar-refractivity contribution >= 4 is 5.78 Å². The Labute approximate surface area is 118 Å². The van der Waals surface area contributed by atoms with Gasteiger partial charge in [0.2, 0.25) is 0 Å². The quantitative estimate of drug-likeness (QED) is 0.856. The molecule has 1 aliphatic rings. The molecule has 0 aliphatic heterocycles. The van der Waals surface area contributed by atoms with Gasteiger partial charge in [-0.15, -0.1) is 0 Å². The van der Waals surface area contributed by atoms with Crippen molar-refractivity contribution in [2.45, 2.75) is 39.2 Å². The number of aromatic nitrogens is 3. The fraction of sp³-hybridized carbons (Fsp3) is 0.438. The number of carbonyl (C=O) groups excluding carboxylic acids is 1. The summed E-state index contributed by atoms with van der Waals surface area (Å²) in [4.78, 5) is 16.7. The number of ketones is 1. The predicted molar refractivity (Wildman–Crippen MR) is 76.5 cm³/mol. The lowest BCUT2D eigenvalue weighted by Gasteiger charge is -2.11. The normalized spacial score (nSPS) is 14.8. The van der Waals surface area contributed by atoms with Crippen molar-refractivity contribution in [1.29, 1.82) is 0 Å². The molecule has 0 bridgehead atoms. The number of fused-ring (bicyclic) bond motifs is 1. The van der Waals surface area contributed by atoms with E-state index in [0.717, 1.165) is 18.7 Å². The van der Waals surface area contributed by atoms with Gasteiger partial charge in [-0.05, 0) is 37.8 Å². The van der Waals surface area contributed by atoms with Crippen LogP contribution >= 0.6 is 0 Å². The zero-order chi connectivity index (χ0) is 14.1. The van der Waals surface area contributed by atoms with Crippen LogP contribution in [0.2, 0.25) is 0 Å². The van der Waals surface area contributed by atoms with Gasteiger partial charge in [0.25, 0.3) is 0 Å². The molecule has 0 radical (unpaired) electrons. The number of benzene rings is 1. The van der Waals surface area contributed by atoms with Gasteiger partial charge in [-0.3, -0.25) is 4.79 Å². The Morgan fingerprint density at radius 1 is 1.30 bits per heavy atom. The van der Waals surface area contributed by atoms with Gasteiger partial charge in [0.1, 0.15) is 17.9 Å². The second-order valence-corrected chi connectivity index (χ2v) is 5.73. The van der Waals surface area contributed by atoms with E-state index in [1.165, 1.54) is 17.5 Å². The maximum Gasteiger partial charge on any atom is 0.144 e. The average Bonchev–Trinajstić information content (AvgIpc) is 3.03. The zero-order valence-corrected chi connectivity index (χ0v) is 11.9. The van der Waals surface area contributed by atoms with E-state index >= 15 is 0 Å². The minimum atomic E-state index is 0.102. The monoisotopic (exact) mass is 269 g/mol. The van der Waals surface area contributed by atoms with E-state index in [0.29, 0.717) is 6.42 Å². The standard InChI is InChI=1S/C16H19N3O/c1-11(2)19-16(17-10-18-19)9-15(20)14-7-12-5-3-4-6-13(12)8-14/h3-6,10-11,14H,7-9H2,1-2H3. The lowest BCUT2D eigenvalue weighted by atomic mass is 9.98. The smallest absolute Gasteiger partial charge is 0.144 e. The molecule has 0 atom stereocenters. The number of carbonyl (C=O) groups is 1. The van der Waals surface area contributed by atoms with Crippen molar-refractivity contribution in [3.63, 3.8) is 0 Å². The Bertz CT molecular complexity index is 605. The molecule has 4 nitrogen and oxygen atoms in total. The molecule has 0 N–H and O–H groups in total. The van der Waals surface area contributed by atoms with Gasteiger partial charge in [0.15, 0.2) is 0 Å². The third-order valence-electron chi connectivity index (χ3n) is 3.98. The molecule has 0 fully saturated rings. The van der Waals surface area contributed by atoms with E-state index in [1.54, 1.807) is 0 Å². The third-order valence-corrected chi connectivity index (χ3v) is 3.98. The van der Waals surface area contributed by atoms with Gasteiger partial charge in [0.05, 0.1) is 6.42 Å². The molecule has 1 aromatic carbocycles. The van der Waals surface area contributed by atoms with Crippen LogP contribution < -0.4 is 0 Å². The molecular formula is C16H19N3O. The Hall–Kier alpha value is -1.97. The van der Waals surface area contributed by atoms with Crippen molar-refractivity contribution < 1.29 is 4.79 Å². The largest absolute Gasteiger partial charge is 0.299 e. The maximum absolute atomic E-state index is 12.5. The van der Waals surface area contributed by atoms with E-state index in [4.69, 9.17) is 0 Å². The van der Waals surface area contributed by atoms with Crippen molar-refractivity contribution in [2.75, 3.05) is 0 Å². The van der Waals surface area contributed by atoms with E-state index in [9.17, 15) is 4.79 Å². The Balaban J connectivity index is 1.71. The van der Waals surface area contributed by atoms with Gasteiger partial charge in [-0.2, -0.15) is 5.10 Å². The maximum atomic E-state index is 12.5. The summed E-state index contributed by atoms with van der Waals surface area (Å²) in [6.07, 6.45) is 3.65.